The maximum atomic E-state index is 11.5. The summed E-state index contributed by atoms with van der Waals surface area (Å²) in [6.45, 7) is 6.60. The summed E-state index contributed by atoms with van der Waals surface area (Å²) in [4.78, 5) is 13.9. The van der Waals surface area contributed by atoms with Gasteiger partial charge in [0.15, 0.2) is 0 Å². The number of hydrogen-bond acceptors (Lipinski definition) is 4. The molecule has 4 nitrogen and oxygen atoms in total. The zero-order valence-corrected chi connectivity index (χ0v) is 13.2. The van der Waals surface area contributed by atoms with E-state index >= 15 is 0 Å². The summed E-state index contributed by atoms with van der Waals surface area (Å²) in [5.74, 6) is 0.576. The molecule has 0 aromatic heterocycles. The number of ether oxygens (including phenoxy) is 2. The summed E-state index contributed by atoms with van der Waals surface area (Å²) in [7, 11) is 1.41. The topological polar surface area (TPSA) is 38.8 Å². The molecule has 1 saturated heterocycles. The highest BCUT2D eigenvalue weighted by Gasteiger charge is 2.22. The Morgan fingerprint density at radius 1 is 1.29 bits per heavy atom. The Labute approximate surface area is 127 Å². The molecular weight excluding hydrogens is 266 g/mol. The molecule has 0 N–H and O–H groups in total. The maximum absolute atomic E-state index is 11.5. The van der Waals surface area contributed by atoms with Crippen LogP contribution >= 0.6 is 0 Å². The Balaban J connectivity index is 1.96. The number of hydrogen-bond donors (Lipinski definition) is 0. The van der Waals surface area contributed by atoms with Gasteiger partial charge < -0.3 is 14.4 Å². The molecule has 0 bridgehead atoms. The van der Waals surface area contributed by atoms with E-state index in [1.807, 2.05) is 24.3 Å². The lowest BCUT2D eigenvalue weighted by Gasteiger charge is -2.34. The molecular formula is C17H25NO3. The van der Waals surface area contributed by atoms with Crippen LogP contribution in [0.3, 0.4) is 0 Å². The molecule has 1 fully saturated rings. The van der Waals surface area contributed by atoms with Crippen LogP contribution in [0.5, 0.6) is 5.75 Å². The van der Waals surface area contributed by atoms with E-state index in [4.69, 9.17) is 9.47 Å². The Morgan fingerprint density at radius 3 is 2.57 bits per heavy atom. The van der Waals surface area contributed by atoms with Crippen LogP contribution in [-0.2, 0) is 16.0 Å². The zero-order valence-electron chi connectivity index (χ0n) is 13.2. The molecule has 0 aliphatic carbocycles. The van der Waals surface area contributed by atoms with E-state index in [0.717, 1.165) is 37.2 Å². The average molecular weight is 291 g/mol. The van der Waals surface area contributed by atoms with Crippen LogP contribution < -0.4 is 4.74 Å². The number of piperidine rings is 1. The van der Waals surface area contributed by atoms with Crippen molar-refractivity contribution in [2.75, 3.05) is 20.2 Å². The van der Waals surface area contributed by atoms with Gasteiger partial charge >= 0.3 is 5.97 Å². The first-order valence-corrected chi connectivity index (χ1v) is 7.65. The Bertz CT molecular complexity index is 465. The lowest BCUT2D eigenvalue weighted by molar-refractivity contribution is -0.139. The van der Waals surface area contributed by atoms with Crippen LogP contribution in [-0.4, -0.2) is 43.2 Å². The largest absolute Gasteiger partial charge is 0.490 e. The van der Waals surface area contributed by atoms with Gasteiger partial charge in [-0.1, -0.05) is 18.2 Å². The fourth-order valence-corrected chi connectivity index (χ4v) is 2.68. The third-order valence-corrected chi connectivity index (χ3v) is 4.04. The van der Waals surface area contributed by atoms with Crippen LogP contribution in [0.15, 0.2) is 24.3 Å². The van der Waals surface area contributed by atoms with Crippen LogP contribution in [0, 0.1) is 0 Å². The number of methoxy groups -OCH3 is 1. The molecule has 21 heavy (non-hydrogen) atoms. The number of para-hydroxylation sites is 1. The minimum absolute atomic E-state index is 0.235. The van der Waals surface area contributed by atoms with E-state index in [0.29, 0.717) is 6.04 Å². The van der Waals surface area contributed by atoms with Gasteiger partial charge in [0.1, 0.15) is 11.9 Å². The molecule has 0 radical (unpaired) electrons. The second-order valence-corrected chi connectivity index (χ2v) is 5.81. The average Bonchev–Trinajstić information content (AvgIpc) is 2.49. The first-order valence-electron chi connectivity index (χ1n) is 7.65. The van der Waals surface area contributed by atoms with Crippen molar-refractivity contribution >= 4 is 5.97 Å². The van der Waals surface area contributed by atoms with Crippen LogP contribution in [0.2, 0.25) is 0 Å². The van der Waals surface area contributed by atoms with E-state index in [1.165, 1.54) is 7.11 Å². The van der Waals surface area contributed by atoms with Gasteiger partial charge in [-0.05, 0) is 32.8 Å². The highest BCUT2D eigenvalue weighted by atomic mass is 16.5. The van der Waals surface area contributed by atoms with Crippen molar-refractivity contribution in [2.24, 2.45) is 0 Å². The van der Waals surface area contributed by atoms with Gasteiger partial charge in [0, 0.05) is 24.7 Å². The SMILES string of the molecule is COC(=O)Cc1ccccc1OC1CCN(C(C)C)CC1. The highest BCUT2D eigenvalue weighted by molar-refractivity contribution is 5.73. The smallest absolute Gasteiger partial charge is 0.310 e. The van der Waals surface area contributed by atoms with Crippen LogP contribution in [0.1, 0.15) is 32.3 Å². The number of carbonyl (C=O) groups is 1. The molecule has 0 unspecified atom stereocenters. The standard InChI is InChI=1S/C17H25NO3/c1-13(2)18-10-8-15(9-11-18)21-16-7-5-4-6-14(16)12-17(19)20-3/h4-7,13,15H,8-12H2,1-3H3. The summed E-state index contributed by atoms with van der Waals surface area (Å²) in [5, 5.41) is 0. The molecule has 4 heteroatoms. The summed E-state index contributed by atoms with van der Waals surface area (Å²) in [5.41, 5.74) is 0.899. The Kier molecular flexibility index (Phi) is 5.62. The van der Waals surface area contributed by atoms with Gasteiger partial charge in [0.2, 0.25) is 0 Å². The third-order valence-electron chi connectivity index (χ3n) is 4.04. The Morgan fingerprint density at radius 2 is 1.95 bits per heavy atom. The highest BCUT2D eigenvalue weighted by Crippen LogP contribution is 2.24. The van der Waals surface area contributed by atoms with Gasteiger partial charge in [-0.15, -0.1) is 0 Å². The lowest BCUT2D eigenvalue weighted by Crippen LogP contribution is -2.41. The van der Waals surface area contributed by atoms with E-state index < -0.39 is 0 Å². The number of rotatable bonds is 5. The van der Waals surface area contributed by atoms with Crippen molar-refractivity contribution in [3.05, 3.63) is 29.8 Å². The second kappa shape index (κ2) is 7.46. The first kappa shape index (κ1) is 15.8. The molecule has 2 rings (SSSR count). The number of esters is 1. The van der Waals surface area contributed by atoms with Gasteiger partial charge in [-0.2, -0.15) is 0 Å². The van der Waals surface area contributed by atoms with Gasteiger partial charge in [0.25, 0.3) is 0 Å². The second-order valence-electron chi connectivity index (χ2n) is 5.81. The number of likely N-dealkylation sites (tertiary alicyclic amines) is 1. The van der Waals surface area contributed by atoms with E-state index in [-0.39, 0.29) is 18.5 Å². The first-order chi connectivity index (χ1) is 10.1. The molecule has 1 aromatic rings. The minimum Gasteiger partial charge on any atom is -0.490 e. The van der Waals surface area contributed by atoms with Crippen LogP contribution in [0.25, 0.3) is 0 Å². The van der Waals surface area contributed by atoms with Gasteiger partial charge in [-0.25, -0.2) is 0 Å². The molecule has 0 spiro atoms. The molecule has 1 aliphatic rings. The molecule has 1 heterocycles. The molecule has 0 atom stereocenters. The lowest BCUT2D eigenvalue weighted by atomic mass is 10.1. The summed E-state index contributed by atoms with van der Waals surface area (Å²) < 4.78 is 10.9. The van der Waals surface area contributed by atoms with E-state index in [2.05, 4.69) is 18.7 Å². The third kappa shape index (κ3) is 4.46. The minimum atomic E-state index is -0.235. The summed E-state index contributed by atoms with van der Waals surface area (Å²) >= 11 is 0. The fraction of sp³-hybridized carbons (Fsp3) is 0.588. The molecule has 116 valence electrons. The van der Waals surface area contributed by atoms with Gasteiger partial charge in [-0.3, -0.25) is 4.79 Å². The van der Waals surface area contributed by atoms with Crippen molar-refractivity contribution in [1.29, 1.82) is 0 Å². The molecule has 0 saturated carbocycles. The van der Waals surface area contributed by atoms with Crippen molar-refractivity contribution < 1.29 is 14.3 Å². The predicted molar refractivity (Wildman–Crippen MR) is 82.5 cm³/mol. The summed E-state index contributed by atoms with van der Waals surface area (Å²) in [6, 6.07) is 8.33. The molecule has 0 amide bonds. The summed E-state index contributed by atoms with van der Waals surface area (Å²) in [6.07, 6.45) is 2.56. The quantitative estimate of drug-likeness (QED) is 0.782. The normalized spacial score (nSPS) is 17.0. The molecule has 1 aromatic carbocycles. The maximum Gasteiger partial charge on any atom is 0.310 e. The van der Waals surface area contributed by atoms with Crippen molar-refractivity contribution in [2.45, 2.75) is 45.3 Å². The number of nitrogens with zero attached hydrogens (tertiary/aromatic N) is 1. The fourth-order valence-electron chi connectivity index (χ4n) is 2.68. The number of carbonyl (C=O) groups excluding carboxylic acids is 1. The Hall–Kier alpha value is -1.55. The van der Waals surface area contributed by atoms with Crippen molar-refractivity contribution in [3.63, 3.8) is 0 Å². The zero-order chi connectivity index (χ0) is 15.2. The van der Waals surface area contributed by atoms with Crippen LogP contribution in [0.4, 0.5) is 0 Å². The predicted octanol–water partition coefficient (Wildman–Crippen LogP) is 2.65. The monoisotopic (exact) mass is 291 g/mol. The molecule has 1 aliphatic heterocycles. The van der Waals surface area contributed by atoms with Crippen molar-refractivity contribution in [1.82, 2.24) is 4.90 Å². The van der Waals surface area contributed by atoms with E-state index in [9.17, 15) is 4.79 Å². The van der Waals surface area contributed by atoms with Crippen molar-refractivity contribution in [3.8, 4) is 5.75 Å². The van der Waals surface area contributed by atoms with Gasteiger partial charge in [0.05, 0.1) is 13.5 Å². The van der Waals surface area contributed by atoms with E-state index in [1.54, 1.807) is 0 Å². The number of benzene rings is 1.